The molecule has 7 nitrogen and oxygen atoms in total. The van der Waals surface area contributed by atoms with Crippen molar-refractivity contribution in [2.75, 3.05) is 6.61 Å². The summed E-state index contributed by atoms with van der Waals surface area (Å²) in [6, 6.07) is 14.1. The Balaban J connectivity index is 1.57. The number of aliphatic carboxylic acids is 2. The quantitative estimate of drug-likeness (QED) is 0.261. The van der Waals surface area contributed by atoms with E-state index in [2.05, 4.69) is 0 Å². The Kier molecular flexibility index (Phi) is 5.90. The monoisotopic (exact) mass is 399 g/mol. The van der Waals surface area contributed by atoms with Gasteiger partial charge in [0.25, 0.3) is 0 Å². The molecule has 0 aliphatic heterocycles. The number of carbonyl (C=O) groups is 2. The molecule has 0 aliphatic rings. The fourth-order valence-electron chi connectivity index (χ4n) is 2.68. The van der Waals surface area contributed by atoms with Crippen LogP contribution in [0.2, 0.25) is 0 Å². The van der Waals surface area contributed by atoms with Crippen LogP contribution in [0.3, 0.4) is 0 Å². The van der Waals surface area contributed by atoms with Gasteiger partial charge in [0.15, 0.2) is 0 Å². The fraction of sp³-hybridized carbons (Fsp3) is 0.150. The average molecular weight is 399 g/mol. The molecule has 0 saturated heterocycles. The molecule has 0 unspecified atom stereocenters. The molecular weight excluding hydrogens is 382 g/mol. The van der Waals surface area contributed by atoms with Gasteiger partial charge < -0.3 is 14.9 Å². The number of aryl methyl sites for hydroxylation is 1. The van der Waals surface area contributed by atoms with E-state index < -0.39 is 17.5 Å². The number of carboxylic acids is 2. The molecule has 0 amide bonds. The molecule has 144 valence electrons. The lowest BCUT2D eigenvalue weighted by Gasteiger charge is -2.07. The van der Waals surface area contributed by atoms with Crippen molar-refractivity contribution in [3.05, 3.63) is 69.3 Å². The van der Waals surface area contributed by atoms with E-state index in [1.807, 2.05) is 24.3 Å². The third kappa shape index (κ3) is 4.47. The molecule has 1 aromatic heterocycles. The van der Waals surface area contributed by atoms with Crippen LogP contribution in [-0.2, 0) is 16.1 Å². The zero-order valence-electron chi connectivity index (χ0n) is 14.7. The number of benzene rings is 2. The second-order valence-electron chi connectivity index (χ2n) is 5.93. The third-order valence-corrected chi connectivity index (χ3v) is 4.98. The van der Waals surface area contributed by atoms with E-state index in [0.29, 0.717) is 30.9 Å². The third-order valence-electron chi connectivity index (χ3n) is 4.02. The second-order valence-corrected chi connectivity index (χ2v) is 6.92. The first-order valence-electron chi connectivity index (χ1n) is 8.45. The lowest BCUT2D eigenvalue weighted by molar-refractivity contribution is -0.140. The highest BCUT2D eigenvalue weighted by molar-refractivity contribution is 7.16. The zero-order chi connectivity index (χ0) is 20.1. The molecule has 0 saturated carbocycles. The van der Waals surface area contributed by atoms with Crippen molar-refractivity contribution in [1.82, 2.24) is 4.57 Å². The molecule has 8 heteroatoms. The SMILES string of the molecule is O=C(O)C(=Cc1ccc(OCCCn2c(=O)sc3ccccc32)cc1)C(=O)O. The van der Waals surface area contributed by atoms with Gasteiger partial charge in [0.1, 0.15) is 11.3 Å². The minimum Gasteiger partial charge on any atom is -0.494 e. The lowest BCUT2D eigenvalue weighted by Crippen LogP contribution is -2.14. The van der Waals surface area contributed by atoms with Gasteiger partial charge >= 0.3 is 16.8 Å². The summed E-state index contributed by atoms with van der Waals surface area (Å²) >= 11 is 1.22. The van der Waals surface area contributed by atoms with E-state index in [0.717, 1.165) is 16.3 Å². The maximum Gasteiger partial charge on any atom is 0.343 e. The summed E-state index contributed by atoms with van der Waals surface area (Å²) in [7, 11) is 0. The molecule has 3 aromatic rings. The minimum absolute atomic E-state index is 0.00463. The number of aromatic nitrogens is 1. The maximum absolute atomic E-state index is 12.1. The summed E-state index contributed by atoms with van der Waals surface area (Å²) < 4.78 is 8.34. The molecule has 0 fully saturated rings. The summed E-state index contributed by atoms with van der Waals surface area (Å²) in [5.74, 6) is -2.42. The van der Waals surface area contributed by atoms with E-state index in [4.69, 9.17) is 14.9 Å². The largest absolute Gasteiger partial charge is 0.494 e. The van der Waals surface area contributed by atoms with E-state index in [1.54, 1.807) is 28.8 Å². The molecular formula is C20H17NO6S. The van der Waals surface area contributed by atoms with E-state index in [-0.39, 0.29) is 4.87 Å². The molecule has 3 rings (SSSR count). The molecule has 0 atom stereocenters. The summed E-state index contributed by atoms with van der Waals surface area (Å²) in [5, 5.41) is 17.7. The molecule has 1 heterocycles. The van der Waals surface area contributed by atoms with Gasteiger partial charge in [-0.25, -0.2) is 9.59 Å². The number of carboxylic acid groups (broad SMARTS) is 2. The van der Waals surface area contributed by atoms with Crippen LogP contribution < -0.4 is 9.61 Å². The fourth-order valence-corrected chi connectivity index (χ4v) is 3.60. The number of hydrogen-bond acceptors (Lipinski definition) is 5. The Labute approximate surface area is 163 Å². The first kappa shape index (κ1) is 19.4. The van der Waals surface area contributed by atoms with Crippen LogP contribution in [0.1, 0.15) is 12.0 Å². The predicted molar refractivity (Wildman–Crippen MR) is 106 cm³/mol. The Morgan fingerprint density at radius 3 is 2.39 bits per heavy atom. The van der Waals surface area contributed by atoms with Gasteiger partial charge in [0.2, 0.25) is 0 Å². The van der Waals surface area contributed by atoms with Crippen LogP contribution in [0.15, 0.2) is 58.9 Å². The van der Waals surface area contributed by atoms with Crippen molar-refractivity contribution in [2.45, 2.75) is 13.0 Å². The van der Waals surface area contributed by atoms with Crippen molar-refractivity contribution >= 4 is 39.6 Å². The Morgan fingerprint density at radius 1 is 1.04 bits per heavy atom. The highest BCUT2D eigenvalue weighted by Crippen LogP contribution is 2.18. The first-order chi connectivity index (χ1) is 13.5. The standard InChI is InChI=1S/C20H17NO6S/c22-18(23)15(19(24)25)12-13-6-8-14(9-7-13)27-11-3-10-21-16-4-1-2-5-17(16)28-20(21)26/h1-2,4-9,12H,3,10-11H2,(H,22,23)(H,24,25). The van der Waals surface area contributed by atoms with Crippen LogP contribution in [0.4, 0.5) is 0 Å². The smallest absolute Gasteiger partial charge is 0.343 e. The zero-order valence-corrected chi connectivity index (χ0v) is 15.5. The molecule has 0 spiro atoms. The molecule has 28 heavy (non-hydrogen) atoms. The lowest BCUT2D eigenvalue weighted by atomic mass is 10.1. The Morgan fingerprint density at radius 2 is 1.71 bits per heavy atom. The van der Waals surface area contributed by atoms with E-state index in [9.17, 15) is 14.4 Å². The number of rotatable bonds is 8. The van der Waals surface area contributed by atoms with E-state index >= 15 is 0 Å². The second kappa shape index (κ2) is 8.53. The Hall–Kier alpha value is -3.39. The van der Waals surface area contributed by atoms with Gasteiger partial charge in [-0.15, -0.1) is 0 Å². The number of para-hydroxylation sites is 1. The van der Waals surface area contributed by atoms with Crippen molar-refractivity contribution in [2.24, 2.45) is 0 Å². The van der Waals surface area contributed by atoms with Crippen molar-refractivity contribution in [3.63, 3.8) is 0 Å². The van der Waals surface area contributed by atoms with Crippen LogP contribution in [-0.4, -0.2) is 33.3 Å². The van der Waals surface area contributed by atoms with Crippen LogP contribution in [0.25, 0.3) is 16.3 Å². The normalized spacial score (nSPS) is 10.6. The summed E-state index contributed by atoms with van der Waals surface area (Å²) in [6.07, 6.45) is 1.73. The number of thiazole rings is 1. The van der Waals surface area contributed by atoms with E-state index in [1.165, 1.54) is 11.3 Å². The molecule has 2 aromatic carbocycles. The maximum atomic E-state index is 12.1. The van der Waals surface area contributed by atoms with Gasteiger partial charge in [-0.2, -0.15) is 0 Å². The van der Waals surface area contributed by atoms with Crippen molar-refractivity contribution in [1.29, 1.82) is 0 Å². The van der Waals surface area contributed by atoms with Gasteiger partial charge in [-0.3, -0.25) is 9.36 Å². The highest BCUT2D eigenvalue weighted by atomic mass is 32.1. The summed E-state index contributed by atoms with van der Waals surface area (Å²) in [5.41, 5.74) is 0.659. The highest BCUT2D eigenvalue weighted by Gasteiger charge is 2.15. The van der Waals surface area contributed by atoms with Crippen LogP contribution >= 0.6 is 11.3 Å². The summed E-state index contributed by atoms with van der Waals surface area (Å²) in [4.78, 5) is 33.9. The molecule has 0 bridgehead atoms. The number of ether oxygens (including phenoxy) is 1. The van der Waals surface area contributed by atoms with Gasteiger partial charge in [0, 0.05) is 6.54 Å². The first-order valence-corrected chi connectivity index (χ1v) is 9.27. The van der Waals surface area contributed by atoms with Crippen molar-refractivity contribution < 1.29 is 24.5 Å². The summed E-state index contributed by atoms with van der Waals surface area (Å²) in [6.45, 7) is 0.950. The van der Waals surface area contributed by atoms with Gasteiger partial charge in [-0.05, 0) is 42.3 Å². The minimum atomic E-state index is -1.50. The van der Waals surface area contributed by atoms with Gasteiger partial charge in [-0.1, -0.05) is 35.6 Å². The van der Waals surface area contributed by atoms with Gasteiger partial charge in [0.05, 0.1) is 16.8 Å². The Bertz CT molecular complexity index is 1080. The molecule has 2 N–H and O–H groups in total. The molecule has 0 radical (unpaired) electrons. The van der Waals surface area contributed by atoms with Crippen molar-refractivity contribution in [3.8, 4) is 5.75 Å². The number of nitrogens with zero attached hydrogens (tertiary/aromatic N) is 1. The topological polar surface area (TPSA) is 106 Å². The van der Waals surface area contributed by atoms with Crippen LogP contribution in [0.5, 0.6) is 5.75 Å². The number of hydrogen-bond donors (Lipinski definition) is 2. The van der Waals surface area contributed by atoms with Crippen LogP contribution in [0, 0.1) is 0 Å². The number of fused-ring (bicyclic) bond motifs is 1. The predicted octanol–water partition coefficient (Wildman–Crippen LogP) is 3.08. The average Bonchev–Trinajstić information content (AvgIpc) is 2.99. The molecule has 0 aliphatic carbocycles.